The number of rotatable bonds is 6. The molecule has 4 rings (SSSR count). The highest BCUT2D eigenvalue weighted by molar-refractivity contribution is 7.10. The van der Waals surface area contributed by atoms with Gasteiger partial charge in [0.1, 0.15) is 0 Å². The Bertz CT molecular complexity index is 713. The Morgan fingerprint density at radius 2 is 1.23 bits per heavy atom. The van der Waals surface area contributed by atoms with Gasteiger partial charge in [0, 0.05) is 22.8 Å². The van der Waals surface area contributed by atoms with Crippen molar-refractivity contribution in [3.8, 4) is 0 Å². The molecule has 2 amide bonds. The summed E-state index contributed by atoms with van der Waals surface area (Å²) >= 11 is 3.38. The Hall–Kier alpha value is -1.74. The van der Waals surface area contributed by atoms with Gasteiger partial charge in [0.25, 0.3) is 0 Å². The summed E-state index contributed by atoms with van der Waals surface area (Å²) in [6, 6.07) is 8.50. The molecule has 4 N–H and O–H groups in total. The third-order valence-corrected chi connectivity index (χ3v) is 7.30. The van der Waals surface area contributed by atoms with E-state index in [2.05, 4.69) is 47.2 Å². The van der Waals surface area contributed by atoms with E-state index in [0.717, 1.165) is 38.8 Å². The molecule has 0 radical (unpaired) electrons. The van der Waals surface area contributed by atoms with Crippen molar-refractivity contribution >= 4 is 34.5 Å². The van der Waals surface area contributed by atoms with Crippen LogP contribution in [-0.2, 0) is 9.59 Å². The predicted molar refractivity (Wildman–Crippen MR) is 124 cm³/mol. The summed E-state index contributed by atoms with van der Waals surface area (Å²) in [7, 11) is 0. The second-order valence-electron chi connectivity index (χ2n) is 7.65. The summed E-state index contributed by atoms with van der Waals surface area (Å²) in [6.07, 6.45) is 3.91. The standard InChI is InChI=1S/2C11H16N2OS/c2*1-2-4-8-11(14)13-9(7-12-8)10-5-3-6-15-10/h2*3,5-6,8-9,12H,2,4,7H2,1H3,(H,13,14)/t8-,9+;8-,9-/m00/s1. The van der Waals surface area contributed by atoms with E-state index in [0.29, 0.717) is 0 Å². The van der Waals surface area contributed by atoms with E-state index in [1.807, 2.05) is 22.9 Å². The molecule has 0 saturated carbocycles. The monoisotopic (exact) mass is 448 g/mol. The fraction of sp³-hybridized carbons (Fsp3) is 0.545. The molecule has 2 aliphatic heterocycles. The summed E-state index contributed by atoms with van der Waals surface area (Å²) in [5.74, 6) is 0.281. The van der Waals surface area contributed by atoms with Crippen molar-refractivity contribution in [2.75, 3.05) is 13.1 Å². The predicted octanol–water partition coefficient (Wildman–Crippen LogP) is 3.35. The van der Waals surface area contributed by atoms with Crippen LogP contribution in [0.4, 0.5) is 0 Å². The Morgan fingerprint density at radius 1 is 0.800 bits per heavy atom. The third-order valence-electron chi connectivity index (χ3n) is 5.33. The summed E-state index contributed by atoms with van der Waals surface area (Å²) in [5.41, 5.74) is 0. The first kappa shape index (κ1) is 22.9. The molecule has 2 aromatic rings. The van der Waals surface area contributed by atoms with Crippen molar-refractivity contribution in [3.05, 3.63) is 44.8 Å². The van der Waals surface area contributed by atoms with Gasteiger partial charge in [-0.05, 0) is 35.7 Å². The van der Waals surface area contributed by atoms with Crippen LogP contribution in [0.1, 0.15) is 61.4 Å². The maximum atomic E-state index is 11.7. The van der Waals surface area contributed by atoms with Crippen LogP contribution in [0.2, 0.25) is 0 Å². The molecule has 4 atom stereocenters. The molecule has 2 saturated heterocycles. The smallest absolute Gasteiger partial charge is 0.237 e. The zero-order valence-corrected chi connectivity index (χ0v) is 19.3. The van der Waals surface area contributed by atoms with Crippen molar-refractivity contribution in [1.82, 2.24) is 21.3 Å². The van der Waals surface area contributed by atoms with Crippen LogP contribution < -0.4 is 21.3 Å². The van der Waals surface area contributed by atoms with Crippen LogP contribution >= 0.6 is 22.7 Å². The molecule has 30 heavy (non-hydrogen) atoms. The van der Waals surface area contributed by atoms with E-state index in [-0.39, 0.29) is 36.0 Å². The van der Waals surface area contributed by atoms with Crippen molar-refractivity contribution in [3.63, 3.8) is 0 Å². The SMILES string of the molecule is CCC[C@@H]1NC[C@@H](c2cccs2)NC1=O.CCC[C@@H]1NC[C@H](c2cccs2)NC1=O. The van der Waals surface area contributed by atoms with Gasteiger partial charge in [0.2, 0.25) is 11.8 Å². The lowest BCUT2D eigenvalue weighted by molar-refractivity contribution is -0.126. The van der Waals surface area contributed by atoms with Crippen LogP contribution in [0.25, 0.3) is 0 Å². The number of amides is 2. The second kappa shape index (κ2) is 11.6. The molecule has 6 nitrogen and oxygen atoms in total. The molecule has 0 aromatic carbocycles. The molecule has 2 fully saturated rings. The van der Waals surface area contributed by atoms with Gasteiger partial charge in [-0.25, -0.2) is 0 Å². The lowest BCUT2D eigenvalue weighted by Crippen LogP contribution is -2.54. The molecule has 0 spiro atoms. The van der Waals surface area contributed by atoms with Crippen LogP contribution in [0.3, 0.4) is 0 Å². The van der Waals surface area contributed by atoms with Gasteiger partial charge < -0.3 is 21.3 Å². The van der Waals surface area contributed by atoms with Gasteiger partial charge >= 0.3 is 0 Å². The van der Waals surface area contributed by atoms with E-state index < -0.39 is 0 Å². The highest BCUT2D eigenvalue weighted by Gasteiger charge is 2.28. The minimum atomic E-state index is 0.00575. The first-order chi connectivity index (χ1) is 14.6. The van der Waals surface area contributed by atoms with Crippen molar-refractivity contribution in [2.24, 2.45) is 0 Å². The topological polar surface area (TPSA) is 82.3 Å². The quantitative estimate of drug-likeness (QED) is 0.546. The Kier molecular flexibility index (Phi) is 8.87. The first-order valence-electron chi connectivity index (χ1n) is 10.8. The average Bonchev–Trinajstić information content (AvgIpc) is 3.46. The normalized spacial score (nSPS) is 26.3. The van der Waals surface area contributed by atoms with Gasteiger partial charge in [-0.2, -0.15) is 0 Å². The number of carbonyl (C=O) groups is 2. The second-order valence-corrected chi connectivity index (χ2v) is 9.61. The van der Waals surface area contributed by atoms with Crippen LogP contribution in [-0.4, -0.2) is 37.0 Å². The molecular weight excluding hydrogens is 416 g/mol. The molecular formula is C22H32N4O2S2. The number of piperazine rings is 2. The molecule has 2 aliphatic rings. The Morgan fingerprint density at radius 3 is 1.53 bits per heavy atom. The minimum Gasteiger partial charge on any atom is -0.346 e. The zero-order valence-electron chi connectivity index (χ0n) is 17.6. The number of hydrogen-bond acceptors (Lipinski definition) is 6. The fourth-order valence-corrected chi connectivity index (χ4v) is 5.27. The van der Waals surface area contributed by atoms with Crippen LogP contribution in [0.15, 0.2) is 35.0 Å². The van der Waals surface area contributed by atoms with Crippen LogP contribution in [0.5, 0.6) is 0 Å². The van der Waals surface area contributed by atoms with Gasteiger partial charge in [-0.1, -0.05) is 38.8 Å². The van der Waals surface area contributed by atoms with E-state index >= 15 is 0 Å². The van der Waals surface area contributed by atoms with E-state index in [4.69, 9.17) is 0 Å². The van der Waals surface area contributed by atoms with Crippen molar-refractivity contribution < 1.29 is 9.59 Å². The zero-order chi connectivity index (χ0) is 21.3. The Labute approximate surface area is 186 Å². The molecule has 0 aliphatic carbocycles. The Balaban J connectivity index is 0.000000171. The largest absolute Gasteiger partial charge is 0.346 e. The lowest BCUT2D eigenvalue weighted by atomic mass is 10.1. The van der Waals surface area contributed by atoms with Crippen molar-refractivity contribution in [2.45, 2.75) is 63.7 Å². The summed E-state index contributed by atoms with van der Waals surface area (Å²) in [6.45, 7) is 5.88. The molecule has 8 heteroatoms. The van der Waals surface area contributed by atoms with E-state index in [9.17, 15) is 9.59 Å². The summed E-state index contributed by atoms with van der Waals surface area (Å²) in [4.78, 5) is 25.9. The minimum absolute atomic E-state index is 0.00575. The van der Waals surface area contributed by atoms with Crippen LogP contribution in [0, 0.1) is 0 Å². The van der Waals surface area contributed by atoms with E-state index in [1.54, 1.807) is 22.7 Å². The molecule has 164 valence electrons. The average molecular weight is 449 g/mol. The highest BCUT2D eigenvalue weighted by Crippen LogP contribution is 2.22. The fourth-order valence-electron chi connectivity index (χ4n) is 3.72. The molecule has 2 aromatic heterocycles. The third kappa shape index (κ3) is 6.14. The maximum Gasteiger partial charge on any atom is 0.237 e. The highest BCUT2D eigenvalue weighted by atomic mass is 32.1. The molecule has 0 bridgehead atoms. The number of hydrogen-bond donors (Lipinski definition) is 4. The summed E-state index contributed by atoms with van der Waals surface area (Å²) in [5, 5.41) is 16.8. The number of thiophene rings is 2. The lowest BCUT2D eigenvalue weighted by Gasteiger charge is -2.29. The molecule has 4 heterocycles. The van der Waals surface area contributed by atoms with Crippen molar-refractivity contribution in [1.29, 1.82) is 0 Å². The molecule has 0 unspecified atom stereocenters. The van der Waals surface area contributed by atoms with Gasteiger partial charge in [0.15, 0.2) is 0 Å². The summed E-state index contributed by atoms with van der Waals surface area (Å²) < 4.78 is 0. The van der Waals surface area contributed by atoms with E-state index in [1.165, 1.54) is 9.75 Å². The van der Waals surface area contributed by atoms with Gasteiger partial charge in [-0.15, -0.1) is 22.7 Å². The number of carbonyl (C=O) groups excluding carboxylic acids is 2. The first-order valence-corrected chi connectivity index (χ1v) is 12.5. The maximum absolute atomic E-state index is 11.7. The number of nitrogens with one attached hydrogen (secondary N) is 4. The van der Waals surface area contributed by atoms with Gasteiger partial charge in [-0.3, -0.25) is 9.59 Å². The van der Waals surface area contributed by atoms with Gasteiger partial charge in [0.05, 0.1) is 24.2 Å².